The van der Waals surface area contributed by atoms with Gasteiger partial charge in [0.2, 0.25) is 0 Å². The first-order valence-corrected chi connectivity index (χ1v) is 6.76. The van der Waals surface area contributed by atoms with Crippen LogP contribution in [0, 0.1) is 6.92 Å². The van der Waals surface area contributed by atoms with Crippen molar-refractivity contribution in [2.75, 3.05) is 20.1 Å². The number of hydrogen-bond acceptors (Lipinski definition) is 3. The van der Waals surface area contributed by atoms with Gasteiger partial charge in [-0.15, -0.1) is 0 Å². The van der Waals surface area contributed by atoms with Crippen LogP contribution in [-0.2, 0) is 0 Å². The SMILES string of the molecule is CNCCCNC(=O)c1cc(-c2ccc(C)cc2)n[nH]1. The summed E-state index contributed by atoms with van der Waals surface area (Å²) in [7, 11) is 1.89. The first-order chi connectivity index (χ1) is 9.70. The van der Waals surface area contributed by atoms with Crippen molar-refractivity contribution in [1.29, 1.82) is 0 Å². The number of nitrogens with zero attached hydrogens (tertiary/aromatic N) is 1. The molecule has 0 fully saturated rings. The number of carbonyl (C=O) groups excluding carboxylic acids is 1. The highest BCUT2D eigenvalue weighted by Gasteiger charge is 2.10. The number of amides is 1. The van der Waals surface area contributed by atoms with Gasteiger partial charge in [-0.25, -0.2) is 0 Å². The van der Waals surface area contributed by atoms with Gasteiger partial charge in [0.05, 0.1) is 5.69 Å². The molecule has 3 N–H and O–H groups in total. The Bertz CT molecular complexity index is 560. The molecule has 1 heterocycles. The molecule has 5 heteroatoms. The van der Waals surface area contributed by atoms with E-state index in [2.05, 4.69) is 20.8 Å². The predicted molar refractivity (Wildman–Crippen MR) is 79.6 cm³/mol. The van der Waals surface area contributed by atoms with Gasteiger partial charge in [-0.2, -0.15) is 5.10 Å². The Hall–Kier alpha value is -2.14. The van der Waals surface area contributed by atoms with Gasteiger partial charge in [0, 0.05) is 12.1 Å². The molecule has 2 rings (SSSR count). The Balaban J connectivity index is 1.98. The van der Waals surface area contributed by atoms with Gasteiger partial charge < -0.3 is 10.6 Å². The maximum atomic E-state index is 11.9. The van der Waals surface area contributed by atoms with Crippen molar-refractivity contribution < 1.29 is 4.79 Å². The van der Waals surface area contributed by atoms with Crippen molar-refractivity contribution in [2.45, 2.75) is 13.3 Å². The fourth-order valence-corrected chi connectivity index (χ4v) is 1.87. The second kappa shape index (κ2) is 6.86. The summed E-state index contributed by atoms with van der Waals surface area (Å²) >= 11 is 0. The molecule has 0 aliphatic rings. The number of aromatic amines is 1. The van der Waals surface area contributed by atoms with Crippen LogP contribution in [0.4, 0.5) is 0 Å². The average Bonchev–Trinajstić information content (AvgIpc) is 2.94. The van der Waals surface area contributed by atoms with Crippen molar-refractivity contribution in [3.63, 3.8) is 0 Å². The zero-order valence-corrected chi connectivity index (χ0v) is 11.9. The van der Waals surface area contributed by atoms with Crippen LogP contribution >= 0.6 is 0 Å². The van der Waals surface area contributed by atoms with E-state index in [0.29, 0.717) is 12.2 Å². The molecule has 0 saturated heterocycles. The quantitative estimate of drug-likeness (QED) is 0.701. The normalized spacial score (nSPS) is 10.5. The number of aryl methyl sites for hydroxylation is 1. The minimum atomic E-state index is -0.119. The van der Waals surface area contributed by atoms with E-state index in [0.717, 1.165) is 24.2 Å². The number of hydrogen-bond donors (Lipinski definition) is 3. The van der Waals surface area contributed by atoms with E-state index in [1.165, 1.54) is 5.56 Å². The van der Waals surface area contributed by atoms with Crippen LogP contribution < -0.4 is 10.6 Å². The molecule has 106 valence electrons. The molecular weight excluding hydrogens is 252 g/mol. The van der Waals surface area contributed by atoms with E-state index < -0.39 is 0 Å². The fourth-order valence-electron chi connectivity index (χ4n) is 1.87. The van der Waals surface area contributed by atoms with E-state index in [4.69, 9.17) is 0 Å². The van der Waals surface area contributed by atoms with E-state index >= 15 is 0 Å². The maximum Gasteiger partial charge on any atom is 0.269 e. The minimum Gasteiger partial charge on any atom is -0.351 e. The minimum absolute atomic E-state index is 0.119. The Labute approximate surface area is 118 Å². The van der Waals surface area contributed by atoms with Crippen molar-refractivity contribution >= 4 is 5.91 Å². The van der Waals surface area contributed by atoms with Gasteiger partial charge in [-0.1, -0.05) is 29.8 Å². The summed E-state index contributed by atoms with van der Waals surface area (Å²) in [5.41, 5.74) is 3.48. The zero-order chi connectivity index (χ0) is 14.4. The number of nitrogens with one attached hydrogen (secondary N) is 3. The van der Waals surface area contributed by atoms with E-state index in [9.17, 15) is 4.79 Å². The number of benzene rings is 1. The molecule has 0 spiro atoms. The molecule has 0 unspecified atom stereocenters. The van der Waals surface area contributed by atoms with Crippen LogP contribution in [-0.4, -0.2) is 36.2 Å². The lowest BCUT2D eigenvalue weighted by atomic mass is 10.1. The standard InChI is InChI=1S/C15H20N4O/c1-11-4-6-12(7-5-11)13-10-14(19-18-13)15(20)17-9-3-8-16-2/h4-7,10,16H,3,8-9H2,1-2H3,(H,17,20)(H,18,19). The van der Waals surface area contributed by atoms with Crippen LogP contribution in [0.3, 0.4) is 0 Å². The summed E-state index contributed by atoms with van der Waals surface area (Å²) in [6.07, 6.45) is 0.904. The van der Waals surface area contributed by atoms with Crippen molar-refractivity contribution in [1.82, 2.24) is 20.8 Å². The fraction of sp³-hybridized carbons (Fsp3) is 0.333. The Morgan fingerprint density at radius 2 is 2.00 bits per heavy atom. The van der Waals surface area contributed by atoms with Gasteiger partial charge in [0.15, 0.2) is 0 Å². The number of H-pyrrole nitrogens is 1. The smallest absolute Gasteiger partial charge is 0.269 e. The third-order valence-corrected chi connectivity index (χ3v) is 3.06. The monoisotopic (exact) mass is 272 g/mol. The average molecular weight is 272 g/mol. The summed E-state index contributed by atoms with van der Waals surface area (Å²) < 4.78 is 0. The van der Waals surface area contributed by atoms with E-state index in [-0.39, 0.29) is 5.91 Å². The van der Waals surface area contributed by atoms with Crippen LogP contribution in [0.15, 0.2) is 30.3 Å². The summed E-state index contributed by atoms with van der Waals surface area (Å²) in [4.78, 5) is 11.9. The highest BCUT2D eigenvalue weighted by atomic mass is 16.1. The second-order valence-corrected chi connectivity index (χ2v) is 4.75. The second-order valence-electron chi connectivity index (χ2n) is 4.75. The summed E-state index contributed by atoms with van der Waals surface area (Å²) in [6.45, 7) is 3.58. The molecule has 1 amide bonds. The van der Waals surface area contributed by atoms with Crippen LogP contribution in [0.1, 0.15) is 22.5 Å². The molecule has 20 heavy (non-hydrogen) atoms. The highest BCUT2D eigenvalue weighted by molar-refractivity contribution is 5.93. The lowest BCUT2D eigenvalue weighted by Crippen LogP contribution is -2.26. The molecule has 5 nitrogen and oxygen atoms in total. The summed E-state index contributed by atoms with van der Waals surface area (Å²) in [6, 6.07) is 9.83. The van der Waals surface area contributed by atoms with Crippen molar-refractivity contribution in [3.05, 3.63) is 41.6 Å². The van der Waals surface area contributed by atoms with E-state index in [1.807, 2.05) is 38.2 Å². The molecule has 1 aromatic heterocycles. The first kappa shape index (κ1) is 14.3. The van der Waals surface area contributed by atoms with Crippen LogP contribution in [0.2, 0.25) is 0 Å². The van der Waals surface area contributed by atoms with E-state index in [1.54, 1.807) is 6.07 Å². The van der Waals surface area contributed by atoms with Gasteiger partial charge >= 0.3 is 0 Å². The number of carbonyl (C=O) groups is 1. The zero-order valence-electron chi connectivity index (χ0n) is 11.9. The molecule has 0 aliphatic heterocycles. The van der Waals surface area contributed by atoms with Gasteiger partial charge in [-0.3, -0.25) is 9.89 Å². The molecule has 0 aliphatic carbocycles. The molecule has 0 bridgehead atoms. The Kier molecular flexibility index (Phi) is 4.90. The van der Waals surface area contributed by atoms with Crippen LogP contribution in [0.5, 0.6) is 0 Å². The number of aromatic nitrogens is 2. The topological polar surface area (TPSA) is 69.8 Å². The Morgan fingerprint density at radius 3 is 2.70 bits per heavy atom. The molecule has 0 saturated carbocycles. The van der Waals surface area contributed by atoms with Crippen LogP contribution in [0.25, 0.3) is 11.3 Å². The van der Waals surface area contributed by atoms with Gasteiger partial charge in [0.1, 0.15) is 5.69 Å². The summed E-state index contributed by atoms with van der Waals surface area (Å²) in [5.74, 6) is -0.119. The predicted octanol–water partition coefficient (Wildman–Crippen LogP) is 1.72. The summed E-state index contributed by atoms with van der Waals surface area (Å²) in [5, 5.41) is 12.9. The first-order valence-electron chi connectivity index (χ1n) is 6.76. The third kappa shape index (κ3) is 3.68. The van der Waals surface area contributed by atoms with Gasteiger partial charge in [-0.05, 0) is 33.0 Å². The largest absolute Gasteiger partial charge is 0.351 e. The van der Waals surface area contributed by atoms with Crippen molar-refractivity contribution in [2.24, 2.45) is 0 Å². The number of rotatable bonds is 6. The molecule has 1 aromatic carbocycles. The lowest BCUT2D eigenvalue weighted by Gasteiger charge is -2.02. The third-order valence-electron chi connectivity index (χ3n) is 3.06. The lowest BCUT2D eigenvalue weighted by molar-refractivity contribution is 0.0948. The van der Waals surface area contributed by atoms with Crippen molar-refractivity contribution in [3.8, 4) is 11.3 Å². The maximum absolute atomic E-state index is 11.9. The molecular formula is C15H20N4O. The molecule has 2 aromatic rings. The molecule has 0 radical (unpaired) electrons. The highest BCUT2D eigenvalue weighted by Crippen LogP contribution is 2.18. The molecule has 0 atom stereocenters. The Morgan fingerprint density at radius 1 is 1.25 bits per heavy atom. The van der Waals surface area contributed by atoms with Gasteiger partial charge in [0.25, 0.3) is 5.91 Å².